The van der Waals surface area contributed by atoms with Gasteiger partial charge in [-0.1, -0.05) is 6.92 Å². The zero-order chi connectivity index (χ0) is 11.1. The summed E-state index contributed by atoms with van der Waals surface area (Å²) in [7, 11) is 1.46. The van der Waals surface area contributed by atoms with E-state index in [1.54, 1.807) is 0 Å². The third-order valence-electron chi connectivity index (χ3n) is 3.23. The lowest BCUT2D eigenvalue weighted by Crippen LogP contribution is -2.34. The van der Waals surface area contributed by atoms with E-state index in [-0.39, 0.29) is 5.97 Å². The van der Waals surface area contributed by atoms with Crippen molar-refractivity contribution in [1.82, 2.24) is 4.90 Å². The number of nitrogens with zero attached hydrogens (tertiary/aromatic N) is 1. The Balaban J connectivity index is 2.12. The molecule has 1 aliphatic heterocycles. The third-order valence-corrected chi connectivity index (χ3v) is 3.23. The Morgan fingerprint density at radius 1 is 1.40 bits per heavy atom. The van der Waals surface area contributed by atoms with Crippen molar-refractivity contribution in [1.29, 1.82) is 0 Å². The highest BCUT2D eigenvalue weighted by Crippen LogP contribution is 2.21. The Morgan fingerprint density at radius 3 is 2.60 bits per heavy atom. The summed E-state index contributed by atoms with van der Waals surface area (Å²) in [5.41, 5.74) is 0. The number of likely N-dealkylation sites (tertiary alicyclic amines) is 1. The number of ether oxygens (including phenoxy) is 1. The first-order valence-corrected chi connectivity index (χ1v) is 6.05. The first-order chi connectivity index (χ1) is 7.26. The molecule has 0 bridgehead atoms. The van der Waals surface area contributed by atoms with Gasteiger partial charge >= 0.3 is 5.97 Å². The van der Waals surface area contributed by atoms with Crippen LogP contribution in [0.4, 0.5) is 0 Å². The molecule has 1 heterocycles. The van der Waals surface area contributed by atoms with Crippen LogP contribution in [0.3, 0.4) is 0 Å². The maximum Gasteiger partial charge on any atom is 0.305 e. The monoisotopic (exact) mass is 213 g/mol. The first-order valence-electron chi connectivity index (χ1n) is 6.05. The van der Waals surface area contributed by atoms with Crippen LogP contribution in [0.25, 0.3) is 0 Å². The molecule has 0 amide bonds. The van der Waals surface area contributed by atoms with Crippen molar-refractivity contribution in [3.8, 4) is 0 Å². The zero-order valence-electron chi connectivity index (χ0n) is 10.00. The molecule has 3 nitrogen and oxygen atoms in total. The van der Waals surface area contributed by atoms with Crippen LogP contribution >= 0.6 is 0 Å². The Morgan fingerprint density at radius 2 is 2.07 bits per heavy atom. The van der Waals surface area contributed by atoms with Crippen LogP contribution in [0.2, 0.25) is 0 Å². The van der Waals surface area contributed by atoms with Crippen molar-refractivity contribution < 1.29 is 9.53 Å². The molecule has 0 spiro atoms. The molecule has 15 heavy (non-hydrogen) atoms. The minimum atomic E-state index is -0.0639. The van der Waals surface area contributed by atoms with Gasteiger partial charge in [0.25, 0.3) is 0 Å². The van der Waals surface area contributed by atoms with Gasteiger partial charge in [0.15, 0.2) is 0 Å². The largest absolute Gasteiger partial charge is 0.469 e. The SMILES string of the molecule is CCCN1CCC(CCC(=O)OC)CC1. The molecule has 0 radical (unpaired) electrons. The van der Waals surface area contributed by atoms with Gasteiger partial charge in [-0.25, -0.2) is 0 Å². The number of carbonyl (C=O) groups is 1. The summed E-state index contributed by atoms with van der Waals surface area (Å²) >= 11 is 0. The van der Waals surface area contributed by atoms with E-state index < -0.39 is 0 Å². The van der Waals surface area contributed by atoms with Crippen molar-refractivity contribution in [3.05, 3.63) is 0 Å². The van der Waals surface area contributed by atoms with Crippen LogP contribution in [0.1, 0.15) is 39.0 Å². The number of hydrogen-bond donors (Lipinski definition) is 0. The highest BCUT2D eigenvalue weighted by molar-refractivity contribution is 5.69. The summed E-state index contributed by atoms with van der Waals surface area (Å²) in [5.74, 6) is 0.670. The van der Waals surface area contributed by atoms with Crippen LogP contribution in [-0.2, 0) is 9.53 Å². The summed E-state index contributed by atoms with van der Waals surface area (Å²) in [4.78, 5) is 13.5. The minimum absolute atomic E-state index is 0.0639. The molecule has 1 rings (SSSR count). The van der Waals surface area contributed by atoms with E-state index in [0.717, 1.165) is 12.3 Å². The van der Waals surface area contributed by atoms with E-state index in [4.69, 9.17) is 0 Å². The molecule has 1 fully saturated rings. The minimum Gasteiger partial charge on any atom is -0.469 e. The maximum atomic E-state index is 11.0. The van der Waals surface area contributed by atoms with Gasteiger partial charge in [-0.3, -0.25) is 4.79 Å². The van der Waals surface area contributed by atoms with Crippen molar-refractivity contribution in [3.63, 3.8) is 0 Å². The summed E-state index contributed by atoms with van der Waals surface area (Å²) in [5, 5.41) is 0. The molecule has 1 aliphatic rings. The van der Waals surface area contributed by atoms with Crippen molar-refractivity contribution >= 4 is 5.97 Å². The molecule has 88 valence electrons. The van der Waals surface area contributed by atoms with Gasteiger partial charge in [0.2, 0.25) is 0 Å². The summed E-state index contributed by atoms with van der Waals surface area (Å²) in [6, 6.07) is 0. The van der Waals surface area contributed by atoms with Crippen LogP contribution < -0.4 is 0 Å². The molecule has 0 saturated carbocycles. The smallest absolute Gasteiger partial charge is 0.305 e. The fourth-order valence-corrected chi connectivity index (χ4v) is 2.24. The van der Waals surface area contributed by atoms with E-state index in [1.165, 1.54) is 46.0 Å². The topological polar surface area (TPSA) is 29.5 Å². The van der Waals surface area contributed by atoms with Crippen LogP contribution in [-0.4, -0.2) is 37.6 Å². The zero-order valence-corrected chi connectivity index (χ0v) is 10.00. The average molecular weight is 213 g/mol. The van der Waals surface area contributed by atoms with E-state index in [1.807, 2.05) is 0 Å². The van der Waals surface area contributed by atoms with E-state index in [0.29, 0.717) is 6.42 Å². The maximum absolute atomic E-state index is 11.0. The van der Waals surface area contributed by atoms with Gasteiger partial charge in [0.1, 0.15) is 0 Å². The fourth-order valence-electron chi connectivity index (χ4n) is 2.24. The highest BCUT2D eigenvalue weighted by Gasteiger charge is 2.19. The second kappa shape index (κ2) is 6.83. The number of carbonyl (C=O) groups excluding carboxylic acids is 1. The van der Waals surface area contributed by atoms with Gasteiger partial charge < -0.3 is 9.64 Å². The van der Waals surface area contributed by atoms with E-state index >= 15 is 0 Å². The van der Waals surface area contributed by atoms with Crippen molar-refractivity contribution in [2.75, 3.05) is 26.7 Å². The Labute approximate surface area is 92.8 Å². The average Bonchev–Trinajstić information content (AvgIpc) is 2.28. The second-order valence-corrected chi connectivity index (χ2v) is 4.40. The number of methoxy groups -OCH3 is 1. The molecular weight excluding hydrogens is 190 g/mol. The Bertz CT molecular complexity index is 186. The molecular formula is C12H23NO2. The van der Waals surface area contributed by atoms with Gasteiger partial charge in [0, 0.05) is 6.42 Å². The lowest BCUT2D eigenvalue weighted by Gasteiger charge is -2.31. The van der Waals surface area contributed by atoms with E-state index in [9.17, 15) is 4.79 Å². The quantitative estimate of drug-likeness (QED) is 0.655. The lowest BCUT2D eigenvalue weighted by molar-refractivity contribution is -0.141. The highest BCUT2D eigenvalue weighted by atomic mass is 16.5. The third kappa shape index (κ3) is 4.65. The van der Waals surface area contributed by atoms with Crippen LogP contribution in [0.15, 0.2) is 0 Å². The Hall–Kier alpha value is -0.570. The molecule has 3 heteroatoms. The van der Waals surface area contributed by atoms with Gasteiger partial charge in [0.05, 0.1) is 7.11 Å². The number of piperidine rings is 1. The first kappa shape index (κ1) is 12.5. The molecule has 0 atom stereocenters. The summed E-state index contributed by atoms with van der Waals surface area (Å²) in [6.45, 7) is 5.87. The predicted molar refractivity (Wildman–Crippen MR) is 60.7 cm³/mol. The summed E-state index contributed by atoms with van der Waals surface area (Å²) in [6.07, 6.45) is 5.34. The molecule has 0 N–H and O–H groups in total. The number of hydrogen-bond acceptors (Lipinski definition) is 3. The fraction of sp³-hybridized carbons (Fsp3) is 0.917. The van der Waals surface area contributed by atoms with Gasteiger partial charge in [-0.15, -0.1) is 0 Å². The Kier molecular flexibility index (Phi) is 5.69. The molecule has 0 unspecified atom stereocenters. The lowest BCUT2D eigenvalue weighted by atomic mass is 9.92. The molecule has 0 aliphatic carbocycles. The molecule has 0 aromatic heterocycles. The summed E-state index contributed by atoms with van der Waals surface area (Å²) < 4.78 is 4.65. The van der Waals surface area contributed by atoms with Crippen LogP contribution in [0.5, 0.6) is 0 Å². The standard InChI is InChI=1S/C12H23NO2/c1-3-8-13-9-6-11(7-10-13)4-5-12(14)15-2/h11H,3-10H2,1-2H3. The van der Waals surface area contributed by atoms with Crippen molar-refractivity contribution in [2.45, 2.75) is 39.0 Å². The predicted octanol–water partition coefficient (Wildman–Crippen LogP) is 2.06. The van der Waals surface area contributed by atoms with Crippen LogP contribution in [0, 0.1) is 5.92 Å². The molecule has 0 aromatic carbocycles. The normalized spacial score (nSPS) is 19.1. The number of esters is 1. The molecule has 1 saturated heterocycles. The van der Waals surface area contributed by atoms with E-state index in [2.05, 4.69) is 16.6 Å². The molecule has 0 aromatic rings. The van der Waals surface area contributed by atoms with Crippen molar-refractivity contribution in [2.24, 2.45) is 5.92 Å². The van der Waals surface area contributed by atoms with Gasteiger partial charge in [-0.2, -0.15) is 0 Å². The number of rotatable bonds is 5. The second-order valence-electron chi connectivity index (χ2n) is 4.40. The van der Waals surface area contributed by atoms with Gasteiger partial charge in [-0.05, 0) is 51.2 Å².